The van der Waals surface area contributed by atoms with Gasteiger partial charge >= 0.3 is 5.69 Å². The molecule has 18 heavy (non-hydrogen) atoms. The van der Waals surface area contributed by atoms with Gasteiger partial charge in [-0.05, 0) is 0 Å². The molecule has 5 atom stereocenters. The fourth-order valence-corrected chi connectivity index (χ4v) is 2.63. The van der Waals surface area contributed by atoms with Gasteiger partial charge in [0.2, 0.25) is 0 Å². The number of ether oxygens (including phenoxy) is 1. The lowest BCUT2D eigenvalue weighted by molar-refractivity contribution is -0.184. The summed E-state index contributed by atoms with van der Waals surface area (Å²) in [5, 5.41) is 28.9. The van der Waals surface area contributed by atoms with E-state index >= 15 is 0 Å². The zero-order chi connectivity index (χ0) is 13.1. The fourth-order valence-electron chi connectivity index (χ4n) is 2.63. The van der Waals surface area contributed by atoms with Crippen LogP contribution in [0.4, 0.5) is 0 Å². The SMILES string of the molecule is O=c1ccn([C@@H]2OC3(O)C(C2O)[C@@H]3CO)c(=O)[nH]1. The van der Waals surface area contributed by atoms with Crippen LogP contribution in [0.25, 0.3) is 0 Å². The number of aliphatic hydroxyl groups is 3. The fraction of sp³-hybridized carbons (Fsp3) is 0.600. The average molecular weight is 256 g/mol. The van der Waals surface area contributed by atoms with E-state index in [1.54, 1.807) is 0 Å². The Morgan fingerprint density at radius 3 is 2.72 bits per heavy atom. The number of hydrogen-bond acceptors (Lipinski definition) is 6. The Balaban J connectivity index is 1.93. The lowest BCUT2D eigenvalue weighted by atomic mass is 10.2. The molecule has 2 fully saturated rings. The first kappa shape index (κ1) is 11.6. The van der Waals surface area contributed by atoms with E-state index in [4.69, 9.17) is 9.84 Å². The summed E-state index contributed by atoms with van der Waals surface area (Å²) in [5.74, 6) is -2.75. The van der Waals surface area contributed by atoms with Crippen molar-refractivity contribution in [3.05, 3.63) is 33.1 Å². The minimum atomic E-state index is -1.59. The first-order valence-corrected chi connectivity index (χ1v) is 5.49. The summed E-state index contributed by atoms with van der Waals surface area (Å²) >= 11 is 0. The van der Waals surface area contributed by atoms with Crippen LogP contribution in [0, 0.1) is 11.8 Å². The third-order valence-electron chi connectivity index (χ3n) is 3.62. The summed E-state index contributed by atoms with van der Waals surface area (Å²) in [6, 6.07) is 1.12. The van der Waals surface area contributed by atoms with Crippen LogP contribution in [0.3, 0.4) is 0 Å². The van der Waals surface area contributed by atoms with Gasteiger partial charge in [-0.15, -0.1) is 0 Å². The Bertz CT molecular complexity index is 595. The monoisotopic (exact) mass is 256 g/mol. The molecular weight excluding hydrogens is 244 g/mol. The topological polar surface area (TPSA) is 125 Å². The first-order valence-electron chi connectivity index (χ1n) is 5.49. The Morgan fingerprint density at radius 2 is 2.22 bits per heavy atom. The summed E-state index contributed by atoms with van der Waals surface area (Å²) in [6.07, 6.45) is -0.986. The lowest BCUT2D eigenvalue weighted by Gasteiger charge is -2.21. The highest BCUT2D eigenvalue weighted by Gasteiger charge is 2.75. The molecule has 0 aromatic carbocycles. The average Bonchev–Trinajstić information content (AvgIpc) is 2.81. The molecule has 8 nitrogen and oxygen atoms in total. The summed E-state index contributed by atoms with van der Waals surface area (Å²) in [4.78, 5) is 24.5. The summed E-state index contributed by atoms with van der Waals surface area (Å²) in [5.41, 5.74) is -1.28. The van der Waals surface area contributed by atoms with E-state index in [9.17, 15) is 19.8 Å². The minimum absolute atomic E-state index is 0.300. The number of aromatic nitrogens is 2. The van der Waals surface area contributed by atoms with Crippen LogP contribution in [0.2, 0.25) is 0 Å². The largest absolute Gasteiger partial charge is 0.396 e. The van der Waals surface area contributed by atoms with Crippen LogP contribution < -0.4 is 11.2 Å². The van der Waals surface area contributed by atoms with Crippen molar-refractivity contribution in [2.24, 2.45) is 11.8 Å². The second-order valence-corrected chi connectivity index (χ2v) is 4.58. The normalized spacial score (nSPS) is 41.7. The van der Waals surface area contributed by atoms with Crippen molar-refractivity contribution in [2.75, 3.05) is 6.61 Å². The third kappa shape index (κ3) is 1.34. The van der Waals surface area contributed by atoms with Crippen molar-refractivity contribution in [3.63, 3.8) is 0 Å². The molecule has 98 valence electrons. The van der Waals surface area contributed by atoms with Crippen molar-refractivity contribution < 1.29 is 20.1 Å². The van der Waals surface area contributed by atoms with E-state index in [1.807, 2.05) is 4.98 Å². The highest BCUT2D eigenvalue weighted by molar-refractivity contribution is 5.14. The number of fused-ring (bicyclic) bond motifs is 1. The van der Waals surface area contributed by atoms with E-state index < -0.39 is 41.2 Å². The van der Waals surface area contributed by atoms with Crippen molar-refractivity contribution in [1.29, 1.82) is 0 Å². The molecule has 0 amide bonds. The molecule has 1 aromatic rings. The molecule has 1 saturated carbocycles. The number of hydrogen-bond donors (Lipinski definition) is 4. The van der Waals surface area contributed by atoms with Gasteiger partial charge in [0.15, 0.2) is 12.0 Å². The quantitative estimate of drug-likeness (QED) is 0.458. The molecule has 3 unspecified atom stereocenters. The molecule has 1 saturated heterocycles. The zero-order valence-electron chi connectivity index (χ0n) is 9.18. The number of H-pyrrole nitrogens is 1. The number of nitrogens with zero attached hydrogens (tertiary/aromatic N) is 1. The first-order chi connectivity index (χ1) is 8.49. The summed E-state index contributed by atoms with van der Waals surface area (Å²) in [6.45, 7) is -0.300. The van der Waals surface area contributed by atoms with E-state index in [-0.39, 0.29) is 6.61 Å². The Hall–Kier alpha value is -1.48. The van der Waals surface area contributed by atoms with Crippen molar-refractivity contribution in [1.82, 2.24) is 9.55 Å². The molecule has 0 radical (unpaired) electrons. The maximum absolute atomic E-state index is 11.5. The van der Waals surface area contributed by atoms with Gasteiger partial charge in [0, 0.05) is 18.2 Å². The van der Waals surface area contributed by atoms with E-state index in [0.29, 0.717) is 0 Å². The molecule has 2 aliphatic rings. The Labute approximate surface area is 100 Å². The minimum Gasteiger partial charge on any atom is -0.396 e. The van der Waals surface area contributed by atoms with Gasteiger partial charge in [-0.1, -0.05) is 0 Å². The highest BCUT2D eigenvalue weighted by Crippen LogP contribution is 2.61. The summed E-state index contributed by atoms with van der Waals surface area (Å²) in [7, 11) is 0. The zero-order valence-corrected chi connectivity index (χ0v) is 9.18. The Morgan fingerprint density at radius 1 is 1.50 bits per heavy atom. The summed E-state index contributed by atoms with van der Waals surface area (Å²) < 4.78 is 6.24. The van der Waals surface area contributed by atoms with Gasteiger partial charge in [-0.3, -0.25) is 14.3 Å². The van der Waals surface area contributed by atoms with Crippen LogP contribution in [-0.4, -0.2) is 43.4 Å². The van der Waals surface area contributed by atoms with Gasteiger partial charge in [-0.2, -0.15) is 0 Å². The van der Waals surface area contributed by atoms with Crippen molar-refractivity contribution >= 4 is 0 Å². The van der Waals surface area contributed by atoms with Gasteiger partial charge in [-0.25, -0.2) is 4.79 Å². The second-order valence-electron chi connectivity index (χ2n) is 4.58. The molecule has 3 rings (SSSR count). The molecule has 2 heterocycles. The molecule has 8 heteroatoms. The molecule has 1 aliphatic carbocycles. The van der Waals surface area contributed by atoms with E-state index in [1.165, 1.54) is 6.20 Å². The molecule has 0 spiro atoms. The maximum Gasteiger partial charge on any atom is 0.330 e. The Kier molecular flexibility index (Phi) is 2.26. The smallest absolute Gasteiger partial charge is 0.330 e. The lowest BCUT2D eigenvalue weighted by Crippen LogP contribution is -2.37. The molecular formula is C10H12N2O6. The van der Waals surface area contributed by atoms with Crippen LogP contribution in [0.1, 0.15) is 6.23 Å². The number of rotatable bonds is 2. The van der Waals surface area contributed by atoms with Gasteiger partial charge in [0.1, 0.15) is 6.10 Å². The molecule has 0 bridgehead atoms. The van der Waals surface area contributed by atoms with Crippen LogP contribution in [0.5, 0.6) is 0 Å². The van der Waals surface area contributed by atoms with Crippen LogP contribution in [-0.2, 0) is 4.74 Å². The second kappa shape index (κ2) is 3.51. The van der Waals surface area contributed by atoms with Crippen molar-refractivity contribution in [2.45, 2.75) is 18.1 Å². The van der Waals surface area contributed by atoms with Crippen LogP contribution in [0.15, 0.2) is 21.9 Å². The molecule has 1 aliphatic heterocycles. The predicted octanol–water partition coefficient (Wildman–Crippen LogP) is -2.65. The standard InChI is InChI=1S/C10H12N2O6/c13-3-4-6-7(15)8(18-10(4,6)17)12-2-1-5(14)11-9(12)16/h1-2,4,6-8,13,15,17H,3H2,(H,11,14,16)/t4-,6?,7?,8+,10?/m0/s1. The number of aliphatic hydroxyl groups excluding tert-OH is 2. The molecule has 1 aromatic heterocycles. The van der Waals surface area contributed by atoms with E-state index in [2.05, 4.69) is 0 Å². The van der Waals surface area contributed by atoms with Crippen LogP contribution >= 0.6 is 0 Å². The van der Waals surface area contributed by atoms with Gasteiger partial charge in [0.25, 0.3) is 5.56 Å². The van der Waals surface area contributed by atoms with Gasteiger partial charge in [0.05, 0.1) is 12.5 Å². The molecule has 4 N–H and O–H groups in total. The maximum atomic E-state index is 11.5. The predicted molar refractivity (Wildman–Crippen MR) is 56.5 cm³/mol. The highest BCUT2D eigenvalue weighted by atomic mass is 16.7. The van der Waals surface area contributed by atoms with Gasteiger partial charge < -0.3 is 20.1 Å². The van der Waals surface area contributed by atoms with Crippen molar-refractivity contribution in [3.8, 4) is 0 Å². The third-order valence-corrected chi connectivity index (χ3v) is 3.62. The number of aromatic amines is 1. The number of nitrogens with one attached hydrogen (secondary N) is 1. The van der Waals surface area contributed by atoms with E-state index in [0.717, 1.165) is 10.6 Å².